The molecule has 2 amide bonds. The lowest BCUT2D eigenvalue weighted by Crippen LogP contribution is -2.48. The summed E-state index contributed by atoms with van der Waals surface area (Å²) in [7, 11) is 0. The second-order valence-electron chi connectivity index (χ2n) is 8.95. The van der Waals surface area contributed by atoms with E-state index in [1.807, 2.05) is 37.4 Å². The standard InChI is InChI=1S/C25H34N6O4S/c1-3-34-15-8-14-30(22(32)17-31-28-24(27-29-31)20-13-12-18(2)35-20)23(21-11-7-16-36-21)25(33)26-19-9-5-4-6-10-19/h7,11-13,16,19,23H,3-6,8-10,14-15,17H2,1-2H3,(H,26,33)/t23-/m1/s1. The number of hydrogen-bond donors (Lipinski definition) is 1. The summed E-state index contributed by atoms with van der Waals surface area (Å²) in [6.45, 7) is 5.11. The number of nitrogens with one attached hydrogen (secondary N) is 1. The normalized spacial score (nSPS) is 15.1. The first kappa shape index (κ1) is 26.0. The van der Waals surface area contributed by atoms with Crippen molar-refractivity contribution in [3.05, 3.63) is 40.3 Å². The van der Waals surface area contributed by atoms with Crippen molar-refractivity contribution in [1.29, 1.82) is 0 Å². The van der Waals surface area contributed by atoms with Crippen molar-refractivity contribution in [2.75, 3.05) is 19.8 Å². The minimum atomic E-state index is -0.725. The highest BCUT2D eigenvalue weighted by atomic mass is 32.1. The fourth-order valence-corrected chi connectivity index (χ4v) is 5.29. The topological polar surface area (TPSA) is 115 Å². The van der Waals surface area contributed by atoms with Crippen LogP contribution in [0.2, 0.25) is 0 Å². The molecule has 0 aromatic carbocycles. The number of furan rings is 1. The molecular weight excluding hydrogens is 480 g/mol. The lowest BCUT2D eigenvalue weighted by Gasteiger charge is -2.32. The number of aryl methyl sites for hydroxylation is 1. The summed E-state index contributed by atoms with van der Waals surface area (Å²) < 4.78 is 11.1. The Morgan fingerprint density at radius 3 is 2.81 bits per heavy atom. The number of carbonyl (C=O) groups excluding carboxylic acids is 2. The van der Waals surface area contributed by atoms with Gasteiger partial charge in [0.15, 0.2) is 5.76 Å². The summed E-state index contributed by atoms with van der Waals surface area (Å²) in [4.78, 5) is 30.9. The highest BCUT2D eigenvalue weighted by molar-refractivity contribution is 7.10. The number of aromatic nitrogens is 4. The molecule has 1 atom stereocenters. The minimum Gasteiger partial charge on any atom is -0.458 e. The maximum atomic E-state index is 13.6. The predicted octanol–water partition coefficient (Wildman–Crippen LogP) is 3.75. The van der Waals surface area contributed by atoms with E-state index in [2.05, 4.69) is 20.7 Å². The molecule has 3 aromatic heterocycles. The number of tetrazole rings is 1. The van der Waals surface area contributed by atoms with Crippen LogP contribution in [-0.2, 0) is 20.9 Å². The van der Waals surface area contributed by atoms with Crippen LogP contribution in [-0.4, -0.2) is 62.7 Å². The Labute approximate surface area is 215 Å². The average molecular weight is 515 g/mol. The molecule has 0 radical (unpaired) electrons. The van der Waals surface area contributed by atoms with Crippen molar-refractivity contribution in [3.8, 4) is 11.6 Å². The van der Waals surface area contributed by atoms with Crippen molar-refractivity contribution in [2.45, 2.75) is 71.0 Å². The average Bonchev–Trinajstić information content (AvgIpc) is 3.64. The number of hydrogen-bond acceptors (Lipinski definition) is 8. The molecule has 1 N–H and O–H groups in total. The second-order valence-corrected chi connectivity index (χ2v) is 9.93. The van der Waals surface area contributed by atoms with Gasteiger partial charge in [-0.15, -0.1) is 21.5 Å². The molecule has 1 fully saturated rings. The zero-order valence-electron chi connectivity index (χ0n) is 20.9. The van der Waals surface area contributed by atoms with Crippen LogP contribution in [0.4, 0.5) is 0 Å². The third-order valence-corrected chi connectivity index (χ3v) is 7.15. The van der Waals surface area contributed by atoms with Crippen LogP contribution in [0.5, 0.6) is 0 Å². The Bertz CT molecular complexity index is 1110. The van der Waals surface area contributed by atoms with Crippen molar-refractivity contribution in [3.63, 3.8) is 0 Å². The van der Waals surface area contributed by atoms with E-state index >= 15 is 0 Å². The molecule has 0 spiro atoms. The van der Waals surface area contributed by atoms with Crippen LogP contribution >= 0.6 is 11.3 Å². The van der Waals surface area contributed by atoms with Gasteiger partial charge in [0.1, 0.15) is 18.3 Å². The lowest BCUT2D eigenvalue weighted by atomic mass is 9.95. The Kier molecular flexibility index (Phi) is 9.23. The summed E-state index contributed by atoms with van der Waals surface area (Å²) in [5.41, 5.74) is 0. The van der Waals surface area contributed by atoms with Crippen molar-refractivity contribution in [2.24, 2.45) is 0 Å². The molecule has 10 nitrogen and oxygen atoms in total. The fourth-order valence-electron chi connectivity index (χ4n) is 4.45. The van der Waals surface area contributed by atoms with E-state index < -0.39 is 6.04 Å². The van der Waals surface area contributed by atoms with E-state index in [1.165, 1.54) is 22.6 Å². The van der Waals surface area contributed by atoms with Gasteiger partial charge in [0.25, 0.3) is 0 Å². The number of amides is 2. The molecule has 0 unspecified atom stereocenters. The molecule has 3 heterocycles. The molecule has 1 aliphatic carbocycles. The summed E-state index contributed by atoms with van der Waals surface area (Å²) in [5, 5.41) is 17.5. The molecule has 0 bridgehead atoms. The first-order valence-electron chi connectivity index (χ1n) is 12.6. The van der Waals surface area contributed by atoms with Crippen LogP contribution in [0, 0.1) is 6.92 Å². The quantitative estimate of drug-likeness (QED) is 0.366. The van der Waals surface area contributed by atoms with Gasteiger partial charge >= 0.3 is 0 Å². The largest absolute Gasteiger partial charge is 0.458 e. The van der Waals surface area contributed by atoms with E-state index in [9.17, 15) is 9.59 Å². The SMILES string of the molecule is CCOCCCN(C(=O)Cn1nnc(-c2ccc(C)o2)n1)[C@@H](C(=O)NC1CCCCC1)c1cccs1. The summed E-state index contributed by atoms with van der Waals surface area (Å²) in [6, 6.07) is 6.81. The maximum Gasteiger partial charge on any atom is 0.248 e. The van der Waals surface area contributed by atoms with E-state index in [0.717, 1.165) is 36.3 Å². The van der Waals surface area contributed by atoms with Gasteiger partial charge in [-0.2, -0.15) is 4.80 Å². The van der Waals surface area contributed by atoms with E-state index in [1.54, 1.807) is 11.0 Å². The van der Waals surface area contributed by atoms with Crippen molar-refractivity contribution < 1.29 is 18.7 Å². The Morgan fingerprint density at radius 1 is 1.28 bits per heavy atom. The zero-order chi connectivity index (χ0) is 25.3. The summed E-state index contributed by atoms with van der Waals surface area (Å²) >= 11 is 1.47. The first-order chi connectivity index (χ1) is 17.5. The van der Waals surface area contributed by atoms with E-state index in [4.69, 9.17) is 9.15 Å². The summed E-state index contributed by atoms with van der Waals surface area (Å²) in [6.07, 6.45) is 5.98. The van der Waals surface area contributed by atoms with Crippen molar-refractivity contribution in [1.82, 2.24) is 30.4 Å². The second kappa shape index (κ2) is 12.8. The van der Waals surface area contributed by atoms with Gasteiger partial charge in [0.05, 0.1) is 0 Å². The highest BCUT2D eigenvalue weighted by Crippen LogP contribution is 2.28. The van der Waals surface area contributed by atoms with Crippen LogP contribution in [0.3, 0.4) is 0 Å². The van der Waals surface area contributed by atoms with Gasteiger partial charge < -0.3 is 19.4 Å². The molecule has 1 aliphatic rings. The molecular formula is C25H34N6O4S. The number of thiophene rings is 1. The first-order valence-corrected chi connectivity index (χ1v) is 13.5. The minimum absolute atomic E-state index is 0.139. The fraction of sp³-hybridized carbons (Fsp3) is 0.560. The Hall–Kier alpha value is -3.05. The number of nitrogens with zero attached hydrogens (tertiary/aromatic N) is 5. The number of ether oxygens (including phenoxy) is 1. The van der Waals surface area contributed by atoms with Crippen LogP contribution < -0.4 is 5.32 Å². The monoisotopic (exact) mass is 514 g/mol. The molecule has 4 rings (SSSR count). The van der Waals surface area contributed by atoms with Crippen LogP contribution in [0.1, 0.15) is 62.1 Å². The van der Waals surface area contributed by atoms with Gasteiger partial charge in [-0.25, -0.2) is 0 Å². The van der Waals surface area contributed by atoms with Crippen LogP contribution in [0.15, 0.2) is 34.1 Å². The Morgan fingerprint density at radius 2 is 2.11 bits per heavy atom. The molecule has 1 saturated carbocycles. The third-order valence-electron chi connectivity index (χ3n) is 6.23. The number of rotatable bonds is 12. The molecule has 3 aromatic rings. The molecule has 0 saturated heterocycles. The van der Waals surface area contributed by atoms with E-state index in [-0.39, 0.29) is 24.4 Å². The smallest absolute Gasteiger partial charge is 0.248 e. The van der Waals surface area contributed by atoms with Gasteiger partial charge in [0.2, 0.25) is 17.6 Å². The molecule has 194 valence electrons. The summed E-state index contributed by atoms with van der Waals surface area (Å²) in [5.74, 6) is 1.13. The van der Waals surface area contributed by atoms with Gasteiger partial charge in [-0.1, -0.05) is 25.3 Å². The highest BCUT2D eigenvalue weighted by Gasteiger charge is 2.33. The van der Waals surface area contributed by atoms with E-state index in [0.29, 0.717) is 37.8 Å². The molecule has 11 heteroatoms. The predicted molar refractivity (Wildman–Crippen MR) is 135 cm³/mol. The van der Waals surface area contributed by atoms with Gasteiger partial charge in [-0.05, 0) is 61.9 Å². The molecule has 0 aliphatic heterocycles. The van der Waals surface area contributed by atoms with Crippen molar-refractivity contribution >= 4 is 23.2 Å². The Balaban J connectivity index is 1.54. The van der Waals surface area contributed by atoms with Gasteiger partial charge in [-0.3, -0.25) is 9.59 Å². The maximum absolute atomic E-state index is 13.6. The zero-order valence-corrected chi connectivity index (χ0v) is 21.7. The molecule has 36 heavy (non-hydrogen) atoms. The van der Waals surface area contributed by atoms with Crippen LogP contribution in [0.25, 0.3) is 11.6 Å². The van der Waals surface area contributed by atoms with Gasteiger partial charge in [0, 0.05) is 30.7 Å². The number of carbonyl (C=O) groups is 2. The third kappa shape index (κ3) is 6.79. The lowest BCUT2D eigenvalue weighted by molar-refractivity contribution is -0.142.